The van der Waals surface area contributed by atoms with E-state index in [-0.39, 0.29) is 22.0 Å². The van der Waals surface area contributed by atoms with E-state index in [2.05, 4.69) is 10.2 Å². The van der Waals surface area contributed by atoms with Crippen molar-refractivity contribution in [1.82, 2.24) is 10.2 Å². The van der Waals surface area contributed by atoms with E-state index >= 15 is 0 Å². The molecule has 0 unspecified atom stereocenters. The summed E-state index contributed by atoms with van der Waals surface area (Å²) in [5.41, 5.74) is -0.00378. The number of carboxylic acids is 1. The van der Waals surface area contributed by atoms with Gasteiger partial charge < -0.3 is 14.9 Å². The molecule has 0 spiro atoms. The number of carbonyl (C=O) groups is 1. The van der Waals surface area contributed by atoms with Gasteiger partial charge in [0.1, 0.15) is 5.69 Å². The highest BCUT2D eigenvalue weighted by Gasteiger charge is 2.21. The van der Waals surface area contributed by atoms with Gasteiger partial charge in [-0.15, -0.1) is 0 Å². The van der Waals surface area contributed by atoms with E-state index in [4.69, 9.17) is 21.4 Å². The van der Waals surface area contributed by atoms with Crippen LogP contribution < -0.4 is 4.74 Å². The van der Waals surface area contributed by atoms with Crippen molar-refractivity contribution in [2.45, 2.75) is 0 Å². The number of phenolic OH excluding ortho intramolecular Hbond substituents is 1. The SMILES string of the molecule is COc1c(O)c(-c2cc(C(=O)O)[nH]n2)cc(Cl)c1F. The second kappa shape index (κ2) is 4.77. The summed E-state index contributed by atoms with van der Waals surface area (Å²) in [6.45, 7) is 0. The van der Waals surface area contributed by atoms with Crippen LogP contribution in [-0.4, -0.2) is 33.5 Å². The number of hydrogen-bond acceptors (Lipinski definition) is 4. The van der Waals surface area contributed by atoms with Gasteiger partial charge in [-0.1, -0.05) is 11.6 Å². The smallest absolute Gasteiger partial charge is 0.353 e. The van der Waals surface area contributed by atoms with Crippen LogP contribution in [0.3, 0.4) is 0 Å². The first kappa shape index (κ1) is 13.2. The second-order valence-electron chi connectivity index (χ2n) is 3.57. The zero-order valence-corrected chi connectivity index (χ0v) is 10.3. The van der Waals surface area contributed by atoms with Crippen molar-refractivity contribution in [1.29, 1.82) is 0 Å². The minimum absolute atomic E-state index is 0.0620. The highest BCUT2D eigenvalue weighted by molar-refractivity contribution is 6.31. The fraction of sp³-hybridized carbons (Fsp3) is 0.0909. The van der Waals surface area contributed by atoms with E-state index in [1.807, 2.05) is 0 Å². The Morgan fingerprint density at radius 1 is 1.53 bits per heavy atom. The monoisotopic (exact) mass is 286 g/mol. The molecule has 100 valence electrons. The fourth-order valence-electron chi connectivity index (χ4n) is 1.54. The number of ether oxygens (including phenoxy) is 1. The molecule has 0 aliphatic carbocycles. The first-order valence-electron chi connectivity index (χ1n) is 4.99. The van der Waals surface area contributed by atoms with Gasteiger partial charge in [0.2, 0.25) is 0 Å². The van der Waals surface area contributed by atoms with Crippen molar-refractivity contribution in [3.8, 4) is 22.8 Å². The van der Waals surface area contributed by atoms with Crippen molar-refractivity contribution < 1.29 is 24.1 Å². The molecule has 0 bridgehead atoms. The van der Waals surface area contributed by atoms with Gasteiger partial charge >= 0.3 is 5.97 Å². The first-order valence-corrected chi connectivity index (χ1v) is 5.37. The van der Waals surface area contributed by atoms with Crippen LogP contribution in [0.5, 0.6) is 11.5 Å². The van der Waals surface area contributed by atoms with Crippen LogP contribution in [0.2, 0.25) is 5.02 Å². The number of rotatable bonds is 3. The summed E-state index contributed by atoms with van der Waals surface area (Å²) in [5, 5.41) is 24.3. The van der Waals surface area contributed by atoms with Crippen LogP contribution in [0, 0.1) is 5.82 Å². The largest absolute Gasteiger partial charge is 0.504 e. The molecule has 0 amide bonds. The van der Waals surface area contributed by atoms with Crippen molar-refractivity contribution in [3.63, 3.8) is 0 Å². The molecule has 1 aromatic carbocycles. The third-order valence-corrected chi connectivity index (χ3v) is 2.71. The number of methoxy groups -OCH3 is 1. The molecule has 0 atom stereocenters. The summed E-state index contributed by atoms with van der Waals surface area (Å²) in [6, 6.07) is 2.32. The summed E-state index contributed by atoms with van der Waals surface area (Å²) in [5.74, 6) is -3.05. The highest BCUT2D eigenvalue weighted by atomic mass is 35.5. The van der Waals surface area contributed by atoms with Gasteiger partial charge in [0.15, 0.2) is 17.3 Å². The lowest BCUT2D eigenvalue weighted by Crippen LogP contribution is -1.95. The number of benzene rings is 1. The normalized spacial score (nSPS) is 10.5. The molecule has 8 heteroatoms. The van der Waals surface area contributed by atoms with Gasteiger partial charge in [0.25, 0.3) is 0 Å². The van der Waals surface area contributed by atoms with Crippen LogP contribution in [0.15, 0.2) is 12.1 Å². The average Bonchev–Trinajstić information content (AvgIpc) is 2.84. The molecule has 0 aliphatic heterocycles. The molecular weight excluding hydrogens is 279 g/mol. The molecule has 0 fully saturated rings. The Kier molecular flexibility index (Phi) is 3.30. The fourth-order valence-corrected chi connectivity index (χ4v) is 1.74. The van der Waals surface area contributed by atoms with E-state index in [1.165, 1.54) is 13.2 Å². The number of halogens is 2. The standard InChI is InChI=1S/C11H8ClFN2O4/c1-19-10-8(13)5(12)2-4(9(10)16)6-3-7(11(17)18)15-14-6/h2-3,16H,1H3,(H,14,15)(H,17,18). The van der Waals surface area contributed by atoms with E-state index in [1.54, 1.807) is 0 Å². The lowest BCUT2D eigenvalue weighted by Gasteiger charge is -2.09. The van der Waals surface area contributed by atoms with Crippen LogP contribution in [0.4, 0.5) is 4.39 Å². The zero-order valence-electron chi connectivity index (χ0n) is 9.57. The Hall–Kier alpha value is -2.28. The minimum Gasteiger partial charge on any atom is -0.504 e. The van der Waals surface area contributed by atoms with Crippen LogP contribution in [-0.2, 0) is 0 Å². The highest BCUT2D eigenvalue weighted by Crippen LogP contribution is 2.41. The number of phenols is 1. The maximum Gasteiger partial charge on any atom is 0.353 e. The van der Waals surface area contributed by atoms with Gasteiger partial charge in [0, 0.05) is 5.56 Å². The van der Waals surface area contributed by atoms with Crippen molar-refractivity contribution >= 4 is 17.6 Å². The molecule has 6 nitrogen and oxygen atoms in total. The third-order valence-electron chi connectivity index (χ3n) is 2.44. The summed E-state index contributed by atoms with van der Waals surface area (Å²) in [4.78, 5) is 10.7. The van der Waals surface area contributed by atoms with Gasteiger partial charge in [-0.25, -0.2) is 9.18 Å². The van der Waals surface area contributed by atoms with Gasteiger partial charge in [0.05, 0.1) is 17.8 Å². The minimum atomic E-state index is -1.21. The topological polar surface area (TPSA) is 95.4 Å². The zero-order chi connectivity index (χ0) is 14.2. The Balaban J connectivity index is 2.61. The Morgan fingerprint density at radius 3 is 2.74 bits per heavy atom. The molecule has 1 heterocycles. The van der Waals surface area contributed by atoms with E-state index in [9.17, 15) is 14.3 Å². The number of aromatic nitrogens is 2. The molecule has 0 aliphatic rings. The number of aromatic carboxylic acids is 1. The van der Waals surface area contributed by atoms with Crippen LogP contribution >= 0.6 is 11.6 Å². The average molecular weight is 287 g/mol. The maximum atomic E-state index is 13.6. The lowest BCUT2D eigenvalue weighted by atomic mass is 10.1. The van der Waals surface area contributed by atoms with Crippen molar-refractivity contribution in [3.05, 3.63) is 28.7 Å². The summed E-state index contributed by atoms with van der Waals surface area (Å²) < 4.78 is 18.3. The summed E-state index contributed by atoms with van der Waals surface area (Å²) in [6.07, 6.45) is 0. The second-order valence-corrected chi connectivity index (χ2v) is 3.98. The lowest BCUT2D eigenvalue weighted by molar-refractivity contribution is 0.0690. The molecule has 19 heavy (non-hydrogen) atoms. The number of nitrogens with one attached hydrogen (secondary N) is 1. The quantitative estimate of drug-likeness (QED) is 0.804. The molecule has 0 radical (unpaired) electrons. The van der Waals surface area contributed by atoms with Crippen molar-refractivity contribution in [2.75, 3.05) is 7.11 Å². The van der Waals surface area contributed by atoms with Crippen LogP contribution in [0.1, 0.15) is 10.5 Å². The summed E-state index contributed by atoms with van der Waals surface area (Å²) >= 11 is 5.67. The molecule has 3 N–H and O–H groups in total. The molecule has 1 aromatic heterocycles. The molecular formula is C11H8ClFN2O4. The first-order chi connectivity index (χ1) is 8.95. The number of aromatic hydroxyl groups is 1. The van der Waals surface area contributed by atoms with E-state index < -0.39 is 23.3 Å². The van der Waals surface area contributed by atoms with Gasteiger partial charge in [-0.3, -0.25) is 5.10 Å². The van der Waals surface area contributed by atoms with E-state index in [0.29, 0.717) is 0 Å². The van der Waals surface area contributed by atoms with Crippen molar-refractivity contribution in [2.24, 2.45) is 0 Å². The molecule has 2 rings (SSSR count). The molecule has 0 saturated heterocycles. The number of aromatic amines is 1. The molecule has 0 saturated carbocycles. The number of H-pyrrole nitrogens is 1. The van der Waals surface area contributed by atoms with Crippen LogP contribution in [0.25, 0.3) is 11.3 Å². The Bertz CT molecular complexity index is 656. The summed E-state index contributed by atoms with van der Waals surface area (Å²) in [7, 11) is 1.17. The number of nitrogens with zero attached hydrogens (tertiary/aromatic N) is 1. The predicted molar refractivity (Wildman–Crippen MR) is 64.2 cm³/mol. The maximum absolute atomic E-state index is 13.6. The number of hydrogen-bond donors (Lipinski definition) is 3. The number of carboxylic acid groups (broad SMARTS) is 1. The van der Waals surface area contributed by atoms with Gasteiger partial charge in [-0.05, 0) is 12.1 Å². The van der Waals surface area contributed by atoms with E-state index in [0.717, 1.165) is 6.07 Å². The Labute approximate surface area is 111 Å². The van der Waals surface area contributed by atoms with Gasteiger partial charge in [-0.2, -0.15) is 5.10 Å². The predicted octanol–water partition coefficient (Wildman–Crippen LogP) is 2.28. The Morgan fingerprint density at radius 2 is 2.21 bits per heavy atom. The molecule has 2 aromatic rings. The third kappa shape index (κ3) is 2.19.